The molecule has 4 heteroatoms. The van der Waals surface area contributed by atoms with E-state index in [4.69, 9.17) is 4.74 Å². The van der Waals surface area contributed by atoms with Gasteiger partial charge in [0, 0.05) is 32.0 Å². The van der Waals surface area contributed by atoms with Gasteiger partial charge < -0.3 is 10.1 Å². The second kappa shape index (κ2) is 5.99. The van der Waals surface area contributed by atoms with Crippen LogP contribution in [-0.2, 0) is 11.2 Å². The van der Waals surface area contributed by atoms with Crippen molar-refractivity contribution in [1.29, 1.82) is 0 Å². The maximum Gasteiger partial charge on any atom is 0.0944 e. The van der Waals surface area contributed by atoms with Crippen LogP contribution in [0.2, 0.25) is 0 Å². The fourth-order valence-corrected chi connectivity index (χ4v) is 3.15. The molecule has 1 aromatic rings. The minimum absolute atomic E-state index is 0.104. The van der Waals surface area contributed by atoms with E-state index < -0.39 is 0 Å². The van der Waals surface area contributed by atoms with E-state index in [0.717, 1.165) is 45.6 Å². The molecule has 3 heterocycles. The molecule has 1 aromatic heterocycles. The van der Waals surface area contributed by atoms with E-state index >= 15 is 0 Å². The van der Waals surface area contributed by atoms with Gasteiger partial charge in [-0.25, -0.2) is 0 Å². The van der Waals surface area contributed by atoms with Crippen molar-refractivity contribution in [1.82, 2.24) is 15.2 Å². The van der Waals surface area contributed by atoms with Crippen LogP contribution in [0.15, 0.2) is 24.5 Å². The summed E-state index contributed by atoms with van der Waals surface area (Å²) in [6.45, 7) is 6.34. The Morgan fingerprint density at radius 3 is 3.26 bits per heavy atom. The molecular weight excluding hydrogens is 238 g/mol. The van der Waals surface area contributed by atoms with Crippen molar-refractivity contribution < 1.29 is 4.74 Å². The number of rotatable bonds is 4. The summed E-state index contributed by atoms with van der Waals surface area (Å²) in [7, 11) is 0. The molecule has 0 bridgehead atoms. The summed E-state index contributed by atoms with van der Waals surface area (Å²) in [5.41, 5.74) is 1.44. The quantitative estimate of drug-likeness (QED) is 0.880. The monoisotopic (exact) mass is 261 g/mol. The zero-order valence-electron chi connectivity index (χ0n) is 11.5. The molecule has 2 aliphatic rings. The summed E-state index contributed by atoms with van der Waals surface area (Å²) >= 11 is 0. The van der Waals surface area contributed by atoms with Crippen molar-refractivity contribution in [3.05, 3.63) is 30.1 Å². The largest absolute Gasteiger partial charge is 0.371 e. The number of hydrogen-bond acceptors (Lipinski definition) is 4. The first-order valence-electron chi connectivity index (χ1n) is 7.32. The highest BCUT2D eigenvalue weighted by atomic mass is 16.5. The van der Waals surface area contributed by atoms with Crippen LogP contribution in [0.25, 0.3) is 0 Å². The normalized spacial score (nSPS) is 28.0. The molecule has 0 saturated carbocycles. The van der Waals surface area contributed by atoms with Crippen molar-refractivity contribution in [3.8, 4) is 0 Å². The van der Waals surface area contributed by atoms with Gasteiger partial charge in [0.15, 0.2) is 0 Å². The number of aromatic nitrogens is 1. The summed E-state index contributed by atoms with van der Waals surface area (Å²) < 4.78 is 6.01. The van der Waals surface area contributed by atoms with E-state index in [0.29, 0.717) is 0 Å². The summed E-state index contributed by atoms with van der Waals surface area (Å²) in [5, 5.41) is 3.43. The predicted molar refractivity (Wildman–Crippen MR) is 75.2 cm³/mol. The molecule has 0 amide bonds. The molecular formula is C15H23N3O. The van der Waals surface area contributed by atoms with E-state index in [-0.39, 0.29) is 5.60 Å². The van der Waals surface area contributed by atoms with Crippen LogP contribution in [0.3, 0.4) is 0 Å². The Morgan fingerprint density at radius 1 is 1.47 bits per heavy atom. The highest BCUT2D eigenvalue weighted by Crippen LogP contribution is 2.24. The third kappa shape index (κ3) is 3.32. The molecule has 0 aliphatic carbocycles. The fraction of sp³-hybridized carbons (Fsp3) is 0.667. The lowest BCUT2D eigenvalue weighted by atomic mass is 10.0. The first kappa shape index (κ1) is 13.0. The van der Waals surface area contributed by atoms with Crippen LogP contribution in [0.5, 0.6) is 0 Å². The van der Waals surface area contributed by atoms with Gasteiger partial charge in [0.25, 0.3) is 0 Å². The van der Waals surface area contributed by atoms with Gasteiger partial charge in [0.1, 0.15) is 0 Å². The fourth-order valence-electron chi connectivity index (χ4n) is 3.15. The van der Waals surface area contributed by atoms with Crippen LogP contribution in [0.4, 0.5) is 0 Å². The zero-order valence-corrected chi connectivity index (χ0v) is 11.5. The average molecular weight is 261 g/mol. The third-order valence-electron chi connectivity index (χ3n) is 4.19. The second-order valence-corrected chi connectivity index (χ2v) is 5.70. The third-order valence-corrected chi connectivity index (χ3v) is 4.19. The Hall–Kier alpha value is -0.970. The van der Waals surface area contributed by atoms with Gasteiger partial charge in [-0.05, 0) is 44.0 Å². The molecule has 2 aliphatic heterocycles. The molecule has 1 spiro atoms. The molecule has 2 saturated heterocycles. The van der Waals surface area contributed by atoms with Gasteiger partial charge in [-0.2, -0.15) is 0 Å². The Balaban J connectivity index is 1.45. The van der Waals surface area contributed by atoms with Gasteiger partial charge >= 0.3 is 0 Å². The minimum atomic E-state index is 0.104. The molecule has 104 valence electrons. The molecule has 2 fully saturated rings. The minimum Gasteiger partial charge on any atom is -0.371 e. The number of morpholine rings is 1. The van der Waals surface area contributed by atoms with Crippen LogP contribution in [-0.4, -0.2) is 54.8 Å². The first-order valence-corrected chi connectivity index (χ1v) is 7.32. The van der Waals surface area contributed by atoms with Gasteiger partial charge in [-0.1, -0.05) is 6.07 Å². The number of hydrogen-bond donors (Lipinski definition) is 1. The highest BCUT2D eigenvalue weighted by Gasteiger charge is 2.38. The molecule has 0 radical (unpaired) electrons. The Bertz CT molecular complexity index is 390. The predicted octanol–water partition coefficient (Wildman–Crippen LogP) is 1.08. The van der Waals surface area contributed by atoms with E-state index in [9.17, 15) is 0 Å². The van der Waals surface area contributed by atoms with Crippen molar-refractivity contribution in [2.75, 3.05) is 39.3 Å². The molecule has 1 N–H and O–H groups in total. The second-order valence-electron chi connectivity index (χ2n) is 5.70. The Morgan fingerprint density at radius 2 is 2.47 bits per heavy atom. The summed E-state index contributed by atoms with van der Waals surface area (Å²) in [6.07, 6.45) is 7.29. The number of nitrogens with one attached hydrogen (secondary N) is 1. The van der Waals surface area contributed by atoms with E-state index in [1.54, 1.807) is 0 Å². The lowest BCUT2D eigenvalue weighted by molar-refractivity contribution is -0.0962. The summed E-state index contributed by atoms with van der Waals surface area (Å²) in [6, 6.07) is 4.18. The Kier molecular flexibility index (Phi) is 4.11. The molecule has 1 atom stereocenters. The number of nitrogens with zero attached hydrogens (tertiary/aromatic N) is 2. The van der Waals surface area contributed by atoms with Gasteiger partial charge in [0.05, 0.1) is 12.2 Å². The highest BCUT2D eigenvalue weighted by molar-refractivity contribution is 5.08. The number of aryl methyl sites for hydroxylation is 1. The van der Waals surface area contributed by atoms with Crippen molar-refractivity contribution in [2.24, 2.45) is 0 Å². The SMILES string of the molecule is c1cncc(CCCN2CCOC3(CCNC3)C2)c1. The van der Waals surface area contributed by atoms with Crippen molar-refractivity contribution in [3.63, 3.8) is 0 Å². The number of pyridine rings is 1. The lowest BCUT2D eigenvalue weighted by Crippen LogP contribution is -2.53. The van der Waals surface area contributed by atoms with E-state index in [2.05, 4.69) is 21.3 Å². The van der Waals surface area contributed by atoms with Gasteiger partial charge in [0.2, 0.25) is 0 Å². The number of ether oxygens (including phenoxy) is 1. The van der Waals surface area contributed by atoms with Crippen LogP contribution >= 0.6 is 0 Å². The standard InChI is InChI=1S/C15H23N3O/c1-3-14(11-16-6-1)4-2-8-18-9-10-19-15(13-18)5-7-17-12-15/h1,3,6,11,17H,2,4-5,7-10,12-13H2. The smallest absolute Gasteiger partial charge is 0.0944 e. The maximum absolute atomic E-state index is 6.01. The first-order chi connectivity index (χ1) is 9.36. The van der Waals surface area contributed by atoms with Crippen molar-refractivity contribution >= 4 is 0 Å². The van der Waals surface area contributed by atoms with Gasteiger partial charge in [-0.15, -0.1) is 0 Å². The van der Waals surface area contributed by atoms with Crippen LogP contribution in [0, 0.1) is 0 Å². The van der Waals surface area contributed by atoms with Crippen LogP contribution in [0.1, 0.15) is 18.4 Å². The van der Waals surface area contributed by atoms with E-state index in [1.807, 2.05) is 18.5 Å². The Labute approximate surface area is 115 Å². The summed E-state index contributed by atoms with van der Waals surface area (Å²) in [4.78, 5) is 6.73. The molecule has 3 rings (SSSR count). The molecule has 0 aromatic carbocycles. The topological polar surface area (TPSA) is 37.4 Å². The lowest BCUT2D eigenvalue weighted by Gasteiger charge is -2.40. The molecule has 19 heavy (non-hydrogen) atoms. The molecule has 1 unspecified atom stereocenters. The van der Waals surface area contributed by atoms with Crippen LogP contribution < -0.4 is 5.32 Å². The average Bonchev–Trinajstić information content (AvgIpc) is 2.88. The zero-order chi connectivity index (χ0) is 13.0. The molecule has 4 nitrogen and oxygen atoms in total. The maximum atomic E-state index is 6.01. The van der Waals surface area contributed by atoms with E-state index in [1.165, 1.54) is 18.5 Å². The van der Waals surface area contributed by atoms with Crippen molar-refractivity contribution in [2.45, 2.75) is 24.9 Å². The van der Waals surface area contributed by atoms with Gasteiger partial charge in [-0.3, -0.25) is 9.88 Å². The summed E-state index contributed by atoms with van der Waals surface area (Å²) in [5.74, 6) is 0.